The van der Waals surface area contributed by atoms with E-state index in [4.69, 9.17) is 0 Å². The summed E-state index contributed by atoms with van der Waals surface area (Å²) in [5.74, 6) is -0.903. The molecule has 1 amide bonds. The average molecular weight is 452 g/mol. The van der Waals surface area contributed by atoms with E-state index in [2.05, 4.69) is 15.6 Å². The summed E-state index contributed by atoms with van der Waals surface area (Å²) in [5, 5.41) is 6.15. The van der Waals surface area contributed by atoms with E-state index in [9.17, 15) is 13.6 Å². The van der Waals surface area contributed by atoms with Gasteiger partial charge in [0.1, 0.15) is 18.2 Å². The predicted molar refractivity (Wildman–Crippen MR) is 101 cm³/mol. The summed E-state index contributed by atoms with van der Waals surface area (Å²) in [6.07, 6.45) is 0.629. The molecule has 0 bridgehead atoms. The smallest absolute Gasteiger partial charge is 0.243 e. The molecule has 2 unspecified atom stereocenters. The number of aliphatic imine (C=N–C) groups is 1. The molecule has 2 N–H and O–H groups in total. The van der Waals surface area contributed by atoms with Gasteiger partial charge in [-0.25, -0.2) is 13.8 Å². The van der Waals surface area contributed by atoms with E-state index >= 15 is 0 Å². The number of rotatable bonds is 5. The van der Waals surface area contributed by atoms with Crippen molar-refractivity contribution in [1.82, 2.24) is 15.5 Å². The van der Waals surface area contributed by atoms with Gasteiger partial charge in [0.05, 0.1) is 0 Å². The lowest BCUT2D eigenvalue weighted by atomic mass is 10.1. The maximum Gasteiger partial charge on any atom is 0.243 e. The molecule has 1 aliphatic carbocycles. The number of likely N-dealkylation sites (N-methyl/N-ethyl adjacent to an activating group) is 1. The van der Waals surface area contributed by atoms with Gasteiger partial charge in [-0.2, -0.15) is 0 Å². The fraction of sp³-hybridized carbons (Fsp3) is 0.500. The molecule has 2 rings (SSSR count). The van der Waals surface area contributed by atoms with Crippen molar-refractivity contribution < 1.29 is 13.6 Å². The minimum atomic E-state index is -0.524. The number of halogens is 3. The number of carbonyl (C=O) groups is 1. The number of benzene rings is 1. The lowest BCUT2D eigenvalue weighted by molar-refractivity contribution is -0.127. The summed E-state index contributed by atoms with van der Waals surface area (Å²) in [4.78, 5) is 17.3. The van der Waals surface area contributed by atoms with E-state index in [0.29, 0.717) is 18.9 Å². The van der Waals surface area contributed by atoms with Crippen molar-refractivity contribution in [2.75, 3.05) is 27.2 Å². The number of amides is 1. The van der Waals surface area contributed by atoms with E-state index in [0.717, 1.165) is 0 Å². The van der Waals surface area contributed by atoms with Crippen molar-refractivity contribution in [3.63, 3.8) is 0 Å². The molecule has 134 valence electrons. The van der Waals surface area contributed by atoms with E-state index in [1.54, 1.807) is 14.1 Å². The molecule has 0 radical (unpaired) electrons. The van der Waals surface area contributed by atoms with Crippen molar-refractivity contribution in [2.24, 2.45) is 4.99 Å². The number of nitrogens with one attached hydrogen (secondary N) is 2. The maximum atomic E-state index is 13.8. The van der Waals surface area contributed by atoms with Gasteiger partial charge in [0.15, 0.2) is 5.96 Å². The molecule has 1 fully saturated rings. The fourth-order valence-corrected chi connectivity index (χ4v) is 2.32. The molecule has 1 aromatic carbocycles. The van der Waals surface area contributed by atoms with Crippen LogP contribution in [-0.2, 0) is 4.79 Å². The third-order valence-corrected chi connectivity index (χ3v) is 3.70. The third kappa shape index (κ3) is 5.29. The van der Waals surface area contributed by atoms with Gasteiger partial charge in [-0.05, 0) is 25.5 Å². The summed E-state index contributed by atoms with van der Waals surface area (Å²) in [6.45, 7) is 2.56. The molecule has 0 saturated heterocycles. The highest BCUT2D eigenvalue weighted by molar-refractivity contribution is 14.0. The molecule has 24 heavy (non-hydrogen) atoms. The quantitative estimate of drug-likeness (QED) is 0.409. The molecule has 0 spiro atoms. The van der Waals surface area contributed by atoms with Crippen molar-refractivity contribution in [3.05, 3.63) is 35.4 Å². The predicted octanol–water partition coefficient (Wildman–Crippen LogP) is 2.08. The van der Waals surface area contributed by atoms with Crippen molar-refractivity contribution in [3.8, 4) is 0 Å². The van der Waals surface area contributed by atoms with Gasteiger partial charge in [0, 0.05) is 38.2 Å². The molecule has 1 saturated carbocycles. The second-order valence-electron chi connectivity index (χ2n) is 5.71. The van der Waals surface area contributed by atoms with Crippen molar-refractivity contribution in [2.45, 2.75) is 25.3 Å². The monoisotopic (exact) mass is 452 g/mol. The zero-order valence-electron chi connectivity index (χ0n) is 14.0. The third-order valence-electron chi connectivity index (χ3n) is 3.70. The number of guanidine groups is 1. The first-order valence-corrected chi connectivity index (χ1v) is 7.63. The van der Waals surface area contributed by atoms with E-state index in [1.807, 2.05) is 6.92 Å². The van der Waals surface area contributed by atoms with Crippen LogP contribution in [0.15, 0.2) is 23.2 Å². The van der Waals surface area contributed by atoms with Crippen LogP contribution in [0.1, 0.15) is 24.8 Å². The van der Waals surface area contributed by atoms with E-state index in [-0.39, 0.29) is 54.0 Å². The Balaban J connectivity index is 0.00000288. The van der Waals surface area contributed by atoms with Gasteiger partial charge in [-0.3, -0.25) is 4.79 Å². The highest BCUT2D eigenvalue weighted by atomic mass is 127. The topological polar surface area (TPSA) is 56.7 Å². The van der Waals surface area contributed by atoms with E-state index < -0.39 is 11.6 Å². The number of nitrogens with zero attached hydrogens (tertiary/aromatic N) is 2. The molecule has 2 atom stereocenters. The van der Waals surface area contributed by atoms with Gasteiger partial charge >= 0.3 is 0 Å². The zero-order valence-corrected chi connectivity index (χ0v) is 16.3. The van der Waals surface area contributed by atoms with Gasteiger partial charge in [-0.15, -0.1) is 24.0 Å². The normalized spacial score (nSPS) is 19.3. The summed E-state index contributed by atoms with van der Waals surface area (Å²) < 4.78 is 27.6. The summed E-state index contributed by atoms with van der Waals surface area (Å²) in [7, 11) is 3.33. The summed E-state index contributed by atoms with van der Waals surface area (Å²) in [6, 6.07) is 3.80. The zero-order chi connectivity index (χ0) is 17.0. The van der Waals surface area contributed by atoms with Crippen LogP contribution in [0.4, 0.5) is 8.78 Å². The second kappa shape index (κ2) is 9.14. The van der Waals surface area contributed by atoms with Crippen LogP contribution in [0.3, 0.4) is 0 Å². The van der Waals surface area contributed by atoms with Gasteiger partial charge in [0.2, 0.25) is 5.91 Å². The van der Waals surface area contributed by atoms with Crippen molar-refractivity contribution in [1.29, 1.82) is 0 Å². The Morgan fingerprint density at radius 3 is 2.50 bits per heavy atom. The SMILES string of the molecule is CCNC(=NCC(=O)N(C)C)NC1CC1c1c(F)cccc1F.I. The Morgan fingerprint density at radius 2 is 1.96 bits per heavy atom. The standard InChI is InChI=1S/C16H22F2N4O.HI/c1-4-19-16(20-9-14(23)22(2)3)21-13-8-10(13)15-11(17)6-5-7-12(15)18;/h5-7,10,13H,4,8-9H2,1-3H3,(H2,19,20,21);1H. The lowest BCUT2D eigenvalue weighted by Crippen LogP contribution is -2.40. The highest BCUT2D eigenvalue weighted by Gasteiger charge is 2.42. The molecular weight excluding hydrogens is 429 g/mol. The van der Waals surface area contributed by atoms with Crippen LogP contribution in [0.2, 0.25) is 0 Å². The largest absolute Gasteiger partial charge is 0.357 e. The maximum absolute atomic E-state index is 13.8. The molecular formula is C16H23F2IN4O. The van der Waals surface area contributed by atoms with Crippen LogP contribution in [0.5, 0.6) is 0 Å². The molecule has 8 heteroatoms. The molecule has 1 aromatic rings. The van der Waals surface area contributed by atoms with E-state index in [1.165, 1.54) is 23.1 Å². The molecule has 0 heterocycles. The van der Waals surface area contributed by atoms with Crippen LogP contribution in [0.25, 0.3) is 0 Å². The van der Waals surface area contributed by atoms with Gasteiger partial charge in [0.25, 0.3) is 0 Å². The number of hydrogen-bond donors (Lipinski definition) is 2. The van der Waals surface area contributed by atoms with Gasteiger partial charge < -0.3 is 15.5 Å². The highest BCUT2D eigenvalue weighted by Crippen LogP contribution is 2.42. The lowest BCUT2D eigenvalue weighted by Gasteiger charge is -2.13. The molecule has 0 aliphatic heterocycles. The first-order valence-electron chi connectivity index (χ1n) is 7.63. The number of hydrogen-bond acceptors (Lipinski definition) is 2. The summed E-state index contributed by atoms with van der Waals surface area (Å²) >= 11 is 0. The molecule has 1 aliphatic rings. The van der Waals surface area contributed by atoms with Crippen LogP contribution < -0.4 is 10.6 Å². The Morgan fingerprint density at radius 1 is 1.33 bits per heavy atom. The molecule has 0 aromatic heterocycles. The summed E-state index contributed by atoms with van der Waals surface area (Å²) in [5.41, 5.74) is 0.116. The second-order valence-corrected chi connectivity index (χ2v) is 5.71. The average Bonchev–Trinajstić information content (AvgIpc) is 3.23. The van der Waals surface area contributed by atoms with Crippen LogP contribution in [0, 0.1) is 11.6 Å². The Labute approximate surface area is 157 Å². The first-order chi connectivity index (χ1) is 10.9. The Bertz CT molecular complexity index is 589. The Kier molecular flexibility index (Phi) is 7.85. The first kappa shape index (κ1) is 20.6. The van der Waals surface area contributed by atoms with Crippen LogP contribution in [-0.4, -0.2) is 50.0 Å². The van der Waals surface area contributed by atoms with Crippen LogP contribution >= 0.6 is 24.0 Å². The van der Waals surface area contributed by atoms with Crippen molar-refractivity contribution >= 4 is 35.8 Å². The van der Waals surface area contributed by atoms with Gasteiger partial charge in [-0.1, -0.05) is 6.07 Å². The Hall–Kier alpha value is -1.45. The minimum absolute atomic E-state index is 0. The fourth-order valence-electron chi connectivity index (χ4n) is 2.32. The number of carbonyl (C=O) groups excluding carboxylic acids is 1. The molecule has 5 nitrogen and oxygen atoms in total. The minimum Gasteiger partial charge on any atom is -0.357 e.